The zero-order valence-corrected chi connectivity index (χ0v) is 11.0. The molecule has 0 aromatic rings. The molecule has 1 N–H and O–H groups in total. The Labute approximate surface area is 107 Å². The van der Waals surface area contributed by atoms with Crippen molar-refractivity contribution in [2.24, 2.45) is 5.92 Å². The lowest BCUT2D eigenvalue weighted by Gasteiger charge is -2.34. The second-order valence-corrected chi connectivity index (χ2v) is 5.33. The Bertz CT molecular complexity index is 344. The molecule has 0 radical (unpaired) electrons. The summed E-state index contributed by atoms with van der Waals surface area (Å²) in [6, 6.07) is -0.562. The van der Waals surface area contributed by atoms with Crippen molar-refractivity contribution in [2.75, 3.05) is 7.11 Å². The first kappa shape index (κ1) is 13.3. The summed E-state index contributed by atoms with van der Waals surface area (Å²) in [7, 11) is 1.48. The van der Waals surface area contributed by atoms with E-state index in [-0.39, 0.29) is 11.9 Å². The number of hydrogen-bond donors (Lipinski definition) is 1. The summed E-state index contributed by atoms with van der Waals surface area (Å²) in [5.41, 5.74) is 0. The first-order chi connectivity index (χ1) is 8.56. The van der Waals surface area contributed by atoms with Gasteiger partial charge in [-0.25, -0.2) is 4.79 Å². The van der Waals surface area contributed by atoms with Crippen LogP contribution in [0.15, 0.2) is 0 Å². The fourth-order valence-corrected chi connectivity index (χ4v) is 3.31. The van der Waals surface area contributed by atoms with Gasteiger partial charge in [-0.05, 0) is 32.1 Å². The Morgan fingerprint density at radius 1 is 1.33 bits per heavy atom. The SMILES string of the molecule is CO[C@H](C)C(=O)N1[C@@H]2CCCC[C@@H]2C[C@H]1C(=O)O. The summed E-state index contributed by atoms with van der Waals surface area (Å²) in [4.78, 5) is 25.2. The number of likely N-dealkylation sites (tertiary alicyclic amines) is 1. The number of methoxy groups -OCH3 is 1. The number of nitrogens with zero attached hydrogens (tertiary/aromatic N) is 1. The quantitative estimate of drug-likeness (QED) is 0.824. The monoisotopic (exact) mass is 255 g/mol. The standard InChI is InChI=1S/C13H21NO4/c1-8(18-2)12(15)14-10-6-4-3-5-9(10)7-11(14)13(16)17/h8-11H,3-7H2,1-2H3,(H,16,17)/t8-,9-,10-,11+/m1/s1. The maximum Gasteiger partial charge on any atom is 0.326 e. The largest absolute Gasteiger partial charge is 0.480 e. The fourth-order valence-electron chi connectivity index (χ4n) is 3.31. The molecule has 1 aliphatic heterocycles. The van der Waals surface area contributed by atoms with Gasteiger partial charge in [0.1, 0.15) is 12.1 Å². The van der Waals surface area contributed by atoms with Gasteiger partial charge < -0.3 is 14.7 Å². The summed E-state index contributed by atoms with van der Waals surface area (Å²) in [6.45, 7) is 1.68. The number of hydrogen-bond acceptors (Lipinski definition) is 3. The van der Waals surface area contributed by atoms with Crippen LogP contribution in [0, 0.1) is 5.92 Å². The van der Waals surface area contributed by atoms with E-state index in [0.717, 1.165) is 25.7 Å². The van der Waals surface area contributed by atoms with E-state index in [9.17, 15) is 14.7 Å². The van der Waals surface area contributed by atoms with Crippen LogP contribution in [-0.2, 0) is 14.3 Å². The highest BCUT2D eigenvalue weighted by Crippen LogP contribution is 2.40. The molecule has 5 heteroatoms. The first-order valence-corrected chi connectivity index (χ1v) is 6.64. The molecule has 1 aliphatic carbocycles. The van der Waals surface area contributed by atoms with Gasteiger partial charge in [-0.3, -0.25) is 4.79 Å². The lowest BCUT2D eigenvalue weighted by Crippen LogP contribution is -2.50. The summed E-state index contributed by atoms with van der Waals surface area (Å²) < 4.78 is 5.05. The van der Waals surface area contributed by atoms with Gasteiger partial charge in [-0.1, -0.05) is 12.8 Å². The van der Waals surface area contributed by atoms with Gasteiger partial charge in [-0.15, -0.1) is 0 Å². The van der Waals surface area contributed by atoms with Gasteiger partial charge in [0.05, 0.1) is 0 Å². The molecule has 1 saturated carbocycles. The van der Waals surface area contributed by atoms with Crippen LogP contribution in [0.5, 0.6) is 0 Å². The average Bonchev–Trinajstić information content (AvgIpc) is 2.76. The van der Waals surface area contributed by atoms with E-state index in [1.807, 2.05) is 0 Å². The van der Waals surface area contributed by atoms with Crippen LogP contribution in [0.3, 0.4) is 0 Å². The summed E-state index contributed by atoms with van der Waals surface area (Å²) in [6.07, 6.45) is 4.24. The molecule has 4 atom stereocenters. The van der Waals surface area contributed by atoms with E-state index in [4.69, 9.17) is 4.74 Å². The van der Waals surface area contributed by atoms with Crippen molar-refractivity contribution in [3.8, 4) is 0 Å². The smallest absolute Gasteiger partial charge is 0.326 e. The van der Waals surface area contributed by atoms with Gasteiger partial charge in [0.25, 0.3) is 5.91 Å². The zero-order valence-electron chi connectivity index (χ0n) is 11.0. The molecule has 0 bridgehead atoms. The number of amides is 1. The van der Waals surface area contributed by atoms with E-state index in [1.54, 1.807) is 11.8 Å². The molecule has 102 valence electrons. The van der Waals surface area contributed by atoms with Crippen molar-refractivity contribution in [3.63, 3.8) is 0 Å². The Hall–Kier alpha value is -1.10. The molecule has 18 heavy (non-hydrogen) atoms. The van der Waals surface area contributed by atoms with Crippen LogP contribution in [-0.4, -0.2) is 47.2 Å². The summed E-state index contributed by atoms with van der Waals surface area (Å²) in [5, 5.41) is 9.30. The third-order valence-electron chi connectivity index (χ3n) is 4.33. The van der Waals surface area contributed by atoms with Crippen molar-refractivity contribution in [2.45, 2.75) is 57.2 Å². The Morgan fingerprint density at radius 3 is 2.61 bits per heavy atom. The number of carbonyl (C=O) groups excluding carboxylic acids is 1. The molecule has 0 spiro atoms. The Morgan fingerprint density at radius 2 is 2.00 bits per heavy atom. The van der Waals surface area contributed by atoms with E-state index in [1.165, 1.54) is 7.11 Å². The van der Waals surface area contributed by atoms with Crippen molar-refractivity contribution in [3.05, 3.63) is 0 Å². The maximum absolute atomic E-state index is 12.3. The van der Waals surface area contributed by atoms with Crippen LogP contribution in [0.2, 0.25) is 0 Å². The third kappa shape index (κ3) is 2.23. The number of rotatable bonds is 3. The minimum Gasteiger partial charge on any atom is -0.480 e. The molecule has 0 aromatic carbocycles. The van der Waals surface area contributed by atoms with Crippen LogP contribution >= 0.6 is 0 Å². The van der Waals surface area contributed by atoms with E-state index in [2.05, 4.69) is 0 Å². The van der Waals surface area contributed by atoms with Crippen LogP contribution < -0.4 is 0 Å². The fraction of sp³-hybridized carbons (Fsp3) is 0.846. The predicted octanol–water partition coefficient (Wildman–Crippen LogP) is 1.27. The van der Waals surface area contributed by atoms with Crippen LogP contribution in [0.1, 0.15) is 39.0 Å². The van der Waals surface area contributed by atoms with Gasteiger partial charge in [0, 0.05) is 13.2 Å². The Kier molecular flexibility index (Phi) is 3.90. The molecular weight excluding hydrogens is 234 g/mol. The predicted molar refractivity (Wildman–Crippen MR) is 65.1 cm³/mol. The molecule has 2 aliphatic rings. The lowest BCUT2D eigenvalue weighted by molar-refractivity contribution is -0.154. The molecule has 2 fully saturated rings. The lowest BCUT2D eigenvalue weighted by atomic mass is 9.84. The Balaban J connectivity index is 2.21. The minimum absolute atomic E-state index is 0.102. The normalized spacial score (nSPS) is 33.0. The molecular formula is C13H21NO4. The van der Waals surface area contributed by atoms with Gasteiger partial charge in [-0.2, -0.15) is 0 Å². The maximum atomic E-state index is 12.3. The summed E-state index contributed by atoms with van der Waals surface area (Å²) in [5.74, 6) is -0.715. The van der Waals surface area contributed by atoms with Crippen LogP contribution in [0.4, 0.5) is 0 Å². The average molecular weight is 255 g/mol. The number of carboxylic acids is 1. The number of aliphatic carboxylic acids is 1. The first-order valence-electron chi connectivity index (χ1n) is 6.64. The summed E-state index contributed by atoms with van der Waals surface area (Å²) >= 11 is 0. The molecule has 5 nitrogen and oxygen atoms in total. The van der Waals surface area contributed by atoms with Crippen molar-refractivity contribution >= 4 is 11.9 Å². The van der Waals surface area contributed by atoms with E-state index < -0.39 is 18.1 Å². The minimum atomic E-state index is -0.888. The van der Waals surface area contributed by atoms with E-state index in [0.29, 0.717) is 12.3 Å². The zero-order chi connectivity index (χ0) is 13.3. The van der Waals surface area contributed by atoms with Gasteiger partial charge in [0.15, 0.2) is 0 Å². The number of ether oxygens (including phenoxy) is 1. The second-order valence-electron chi connectivity index (χ2n) is 5.33. The molecule has 2 rings (SSSR count). The molecule has 0 aromatic heterocycles. The number of fused-ring (bicyclic) bond motifs is 1. The highest BCUT2D eigenvalue weighted by atomic mass is 16.5. The molecule has 1 saturated heterocycles. The second kappa shape index (κ2) is 5.26. The van der Waals surface area contributed by atoms with Crippen molar-refractivity contribution < 1.29 is 19.4 Å². The molecule has 0 unspecified atom stereocenters. The van der Waals surface area contributed by atoms with Crippen molar-refractivity contribution in [1.29, 1.82) is 0 Å². The van der Waals surface area contributed by atoms with Gasteiger partial charge >= 0.3 is 5.97 Å². The number of carbonyl (C=O) groups is 2. The van der Waals surface area contributed by atoms with E-state index >= 15 is 0 Å². The molecule has 1 heterocycles. The van der Waals surface area contributed by atoms with Crippen LogP contribution in [0.25, 0.3) is 0 Å². The van der Waals surface area contributed by atoms with Crippen molar-refractivity contribution in [1.82, 2.24) is 4.90 Å². The van der Waals surface area contributed by atoms with Gasteiger partial charge in [0.2, 0.25) is 0 Å². The number of carboxylic acid groups (broad SMARTS) is 1. The molecule has 1 amide bonds. The highest BCUT2D eigenvalue weighted by Gasteiger charge is 2.48. The third-order valence-corrected chi connectivity index (χ3v) is 4.33. The topological polar surface area (TPSA) is 66.8 Å². The highest BCUT2D eigenvalue weighted by molar-refractivity contribution is 5.87.